The van der Waals surface area contributed by atoms with Gasteiger partial charge in [0.2, 0.25) is 0 Å². The maximum absolute atomic E-state index is 9.89. The van der Waals surface area contributed by atoms with E-state index in [2.05, 4.69) is 0 Å². The van der Waals surface area contributed by atoms with Crippen molar-refractivity contribution < 1.29 is 29.1 Å². The second-order valence-electron chi connectivity index (χ2n) is 3.09. The van der Waals surface area contributed by atoms with Gasteiger partial charge in [-0.25, -0.2) is 0 Å². The van der Waals surface area contributed by atoms with Crippen molar-refractivity contribution in [3.8, 4) is 0 Å². The van der Waals surface area contributed by atoms with E-state index < -0.39 is 14.6 Å². The number of carbonyl (C=O) groups excluding carboxylic acids is 1. The standard InChI is InChI=1S/C5H11NO2.H3O3P/c1-6(2,3)4-5(7)8;1-4(2)3/h4H2,1-3H3;1-3H. The first kappa shape index (κ1) is 14.3. The van der Waals surface area contributed by atoms with Crippen LogP contribution >= 0.6 is 8.60 Å². The molecule has 6 nitrogen and oxygen atoms in total. The lowest BCUT2D eigenvalue weighted by atomic mass is 10.5. The Morgan fingerprint density at radius 2 is 1.58 bits per heavy atom. The number of likely N-dealkylation sites (N-methyl/N-ethyl adjacent to an activating group) is 1. The highest BCUT2D eigenvalue weighted by Gasteiger charge is 2.04. The van der Waals surface area contributed by atoms with Gasteiger partial charge in [-0.15, -0.1) is 0 Å². The minimum atomic E-state index is -2.62. The molecule has 0 bridgehead atoms. The lowest BCUT2D eigenvalue weighted by Crippen LogP contribution is -2.45. The molecule has 0 atom stereocenters. The quantitative estimate of drug-likeness (QED) is 0.341. The molecule has 7 heteroatoms. The Morgan fingerprint density at radius 1 is 1.33 bits per heavy atom. The number of carboxylic acids is 1. The van der Waals surface area contributed by atoms with Gasteiger partial charge >= 0.3 is 8.60 Å². The Kier molecular flexibility index (Phi) is 7.47. The molecule has 0 heterocycles. The average molecular weight is 199 g/mol. The van der Waals surface area contributed by atoms with Crippen molar-refractivity contribution in [3.05, 3.63) is 0 Å². The van der Waals surface area contributed by atoms with Gasteiger partial charge in [-0.2, -0.15) is 0 Å². The largest absolute Gasteiger partial charge is 0.544 e. The van der Waals surface area contributed by atoms with Crippen LogP contribution in [0.5, 0.6) is 0 Å². The van der Waals surface area contributed by atoms with E-state index in [4.69, 9.17) is 14.7 Å². The SMILES string of the molecule is C[N+](C)(C)CC(=O)[O-].OP(O)O. The highest BCUT2D eigenvalue weighted by atomic mass is 31.2. The third-order valence-electron chi connectivity index (χ3n) is 0.603. The van der Waals surface area contributed by atoms with Crippen LogP contribution in [0.2, 0.25) is 0 Å². The van der Waals surface area contributed by atoms with E-state index in [1.54, 1.807) is 21.1 Å². The Bertz CT molecular complexity index is 130. The lowest BCUT2D eigenvalue weighted by molar-refractivity contribution is -0.864. The van der Waals surface area contributed by atoms with Crippen molar-refractivity contribution in [2.45, 2.75) is 0 Å². The normalized spacial score (nSPS) is 10.6. The van der Waals surface area contributed by atoms with Crippen LogP contribution in [0.25, 0.3) is 0 Å². The van der Waals surface area contributed by atoms with Crippen LogP contribution in [-0.4, -0.2) is 52.8 Å². The summed E-state index contributed by atoms with van der Waals surface area (Å²) < 4.78 is 0.419. The van der Waals surface area contributed by atoms with E-state index >= 15 is 0 Å². The monoisotopic (exact) mass is 199 g/mol. The topological polar surface area (TPSA) is 101 Å². The van der Waals surface area contributed by atoms with Crippen molar-refractivity contribution in [2.75, 3.05) is 27.7 Å². The molecule has 0 aromatic heterocycles. The summed E-state index contributed by atoms with van der Waals surface area (Å²) >= 11 is 0. The van der Waals surface area contributed by atoms with E-state index in [0.29, 0.717) is 4.48 Å². The fourth-order valence-corrected chi connectivity index (χ4v) is 0.387. The summed E-state index contributed by atoms with van der Waals surface area (Å²) in [6.07, 6.45) is 0. The minimum Gasteiger partial charge on any atom is -0.544 e. The van der Waals surface area contributed by atoms with Gasteiger partial charge in [-0.1, -0.05) is 0 Å². The van der Waals surface area contributed by atoms with Crippen molar-refractivity contribution in [3.63, 3.8) is 0 Å². The molecule has 3 N–H and O–H groups in total. The summed E-state index contributed by atoms with van der Waals surface area (Å²) in [6.45, 7) is 0.0694. The van der Waals surface area contributed by atoms with Crippen LogP contribution in [0.1, 0.15) is 0 Å². The van der Waals surface area contributed by atoms with Gasteiger partial charge in [0.1, 0.15) is 6.54 Å². The molecule has 12 heavy (non-hydrogen) atoms. The first-order chi connectivity index (χ1) is 5.15. The van der Waals surface area contributed by atoms with Crippen LogP contribution < -0.4 is 5.11 Å². The smallest absolute Gasteiger partial charge is 0.324 e. The van der Waals surface area contributed by atoms with E-state index in [1.807, 2.05) is 0 Å². The van der Waals surface area contributed by atoms with E-state index in [9.17, 15) is 9.90 Å². The summed E-state index contributed by atoms with van der Waals surface area (Å²) in [5.74, 6) is -1.00. The number of aliphatic carboxylic acids is 1. The number of nitrogens with zero attached hydrogens (tertiary/aromatic N) is 1. The summed E-state index contributed by atoms with van der Waals surface area (Å²) in [5, 5.41) is 9.89. The van der Waals surface area contributed by atoms with Crippen LogP contribution in [-0.2, 0) is 4.79 Å². The van der Waals surface area contributed by atoms with E-state index in [0.717, 1.165) is 0 Å². The Labute approximate surface area is 72.3 Å². The van der Waals surface area contributed by atoms with E-state index in [-0.39, 0.29) is 6.54 Å². The lowest BCUT2D eigenvalue weighted by Gasteiger charge is -2.23. The molecule has 0 radical (unpaired) electrons. The fourth-order valence-electron chi connectivity index (χ4n) is 0.387. The summed E-state index contributed by atoms with van der Waals surface area (Å²) in [4.78, 5) is 31.6. The molecule has 0 fully saturated rings. The van der Waals surface area contributed by atoms with Gasteiger partial charge in [0.25, 0.3) is 0 Å². The highest BCUT2D eigenvalue weighted by Crippen LogP contribution is 2.11. The maximum atomic E-state index is 9.89. The predicted molar refractivity (Wildman–Crippen MR) is 41.5 cm³/mol. The fraction of sp³-hybridized carbons (Fsp3) is 0.800. The molecule has 0 rings (SSSR count). The Hall–Kier alpha value is -0.260. The Morgan fingerprint density at radius 3 is 1.58 bits per heavy atom. The number of rotatable bonds is 2. The molecule has 0 saturated carbocycles. The van der Waals surface area contributed by atoms with Gasteiger partial charge < -0.3 is 29.1 Å². The minimum absolute atomic E-state index is 0.0694. The second kappa shape index (κ2) is 6.28. The van der Waals surface area contributed by atoms with Crippen molar-refractivity contribution >= 4 is 14.6 Å². The van der Waals surface area contributed by atoms with Crippen LogP contribution in [0, 0.1) is 0 Å². The summed E-state index contributed by atoms with van der Waals surface area (Å²) in [6, 6.07) is 0. The van der Waals surface area contributed by atoms with Crippen molar-refractivity contribution in [2.24, 2.45) is 0 Å². The maximum Gasteiger partial charge on any atom is 0.324 e. The predicted octanol–water partition coefficient (Wildman–Crippen LogP) is -2.37. The van der Waals surface area contributed by atoms with Crippen LogP contribution in [0.3, 0.4) is 0 Å². The molecule has 0 unspecified atom stereocenters. The molecular formula is C5H14NO5P. The summed E-state index contributed by atoms with van der Waals surface area (Å²) in [7, 11) is 2.78. The number of hydrogen-bond acceptors (Lipinski definition) is 5. The van der Waals surface area contributed by atoms with Crippen molar-refractivity contribution in [1.82, 2.24) is 0 Å². The number of carbonyl (C=O) groups is 1. The molecule has 0 amide bonds. The third kappa shape index (κ3) is 33.1. The van der Waals surface area contributed by atoms with Gasteiger partial charge in [0.15, 0.2) is 0 Å². The van der Waals surface area contributed by atoms with Gasteiger partial charge in [-0.05, 0) is 0 Å². The molecule has 0 aromatic rings. The average Bonchev–Trinajstić information content (AvgIpc) is 1.52. The summed E-state index contributed by atoms with van der Waals surface area (Å²) in [5.41, 5.74) is 0. The van der Waals surface area contributed by atoms with E-state index in [1.165, 1.54) is 0 Å². The van der Waals surface area contributed by atoms with Crippen LogP contribution in [0.4, 0.5) is 0 Å². The Balaban J connectivity index is 0. The second-order valence-corrected chi connectivity index (χ2v) is 3.63. The number of carboxylic acid groups (broad SMARTS) is 1. The first-order valence-electron chi connectivity index (χ1n) is 3.02. The molecule has 0 saturated heterocycles. The van der Waals surface area contributed by atoms with Gasteiger partial charge in [0.05, 0.1) is 27.1 Å². The molecule has 0 aliphatic rings. The number of hydrogen-bond donors (Lipinski definition) is 3. The zero-order valence-electron chi connectivity index (χ0n) is 7.26. The van der Waals surface area contributed by atoms with Gasteiger partial charge in [-0.3, -0.25) is 0 Å². The van der Waals surface area contributed by atoms with Crippen molar-refractivity contribution in [1.29, 1.82) is 0 Å². The number of quaternary nitrogens is 1. The third-order valence-corrected chi connectivity index (χ3v) is 0.603. The van der Waals surface area contributed by atoms with Gasteiger partial charge in [0, 0.05) is 0 Å². The molecule has 0 aromatic carbocycles. The molecule has 0 aliphatic carbocycles. The first-order valence-corrected chi connectivity index (χ1v) is 4.22. The zero-order chi connectivity index (χ0) is 10.4. The molecule has 0 spiro atoms. The molecular weight excluding hydrogens is 185 g/mol. The highest BCUT2D eigenvalue weighted by molar-refractivity contribution is 7.38. The zero-order valence-corrected chi connectivity index (χ0v) is 8.15. The molecule has 0 aliphatic heterocycles. The molecule has 74 valence electrons. The van der Waals surface area contributed by atoms with Crippen LogP contribution in [0.15, 0.2) is 0 Å².